The van der Waals surface area contributed by atoms with E-state index in [1.807, 2.05) is 13.8 Å². The van der Waals surface area contributed by atoms with Gasteiger partial charge in [0.05, 0.1) is 0 Å². The predicted octanol–water partition coefficient (Wildman–Crippen LogP) is 1.09. The van der Waals surface area contributed by atoms with Crippen LogP contribution in [0.5, 0.6) is 0 Å². The summed E-state index contributed by atoms with van der Waals surface area (Å²) in [6.45, 7) is 3.33. The van der Waals surface area contributed by atoms with Gasteiger partial charge in [-0.05, 0) is 25.3 Å². The zero-order chi connectivity index (χ0) is 15.4. The lowest BCUT2D eigenvalue weighted by molar-refractivity contribution is -0.121. The van der Waals surface area contributed by atoms with Crippen LogP contribution in [0, 0.1) is 5.92 Å². The van der Waals surface area contributed by atoms with E-state index in [0.29, 0.717) is 0 Å². The molecule has 2 N–H and O–H groups in total. The van der Waals surface area contributed by atoms with E-state index in [1.54, 1.807) is 4.72 Å². The zero-order valence-electron chi connectivity index (χ0n) is 11.7. The first kappa shape index (κ1) is 17.7. The summed E-state index contributed by atoms with van der Waals surface area (Å²) in [6.07, 6.45) is -2.76. The molecule has 20 heavy (non-hydrogen) atoms. The van der Waals surface area contributed by atoms with Gasteiger partial charge in [-0.2, -0.15) is 30.6 Å². The van der Waals surface area contributed by atoms with Crippen molar-refractivity contribution in [3.05, 3.63) is 0 Å². The van der Waals surface area contributed by atoms with Crippen molar-refractivity contribution in [3.8, 4) is 0 Å². The van der Waals surface area contributed by atoms with Gasteiger partial charge in [0.15, 0.2) is 0 Å². The van der Waals surface area contributed by atoms with E-state index in [9.17, 15) is 21.6 Å². The lowest BCUT2D eigenvalue weighted by Crippen LogP contribution is -2.49. The third kappa shape index (κ3) is 6.38. The number of hydrogen-bond acceptors (Lipinski definition) is 3. The van der Waals surface area contributed by atoms with Crippen molar-refractivity contribution in [2.45, 2.75) is 38.9 Å². The van der Waals surface area contributed by atoms with Gasteiger partial charge in [-0.15, -0.1) is 0 Å². The first-order chi connectivity index (χ1) is 9.10. The van der Waals surface area contributed by atoms with Crippen molar-refractivity contribution in [1.29, 1.82) is 0 Å². The molecule has 0 radical (unpaired) electrons. The van der Waals surface area contributed by atoms with Gasteiger partial charge in [-0.3, -0.25) is 0 Å². The van der Waals surface area contributed by atoms with Crippen molar-refractivity contribution in [1.82, 2.24) is 14.3 Å². The first-order valence-electron chi connectivity index (χ1n) is 6.65. The molecule has 5 nitrogen and oxygen atoms in total. The maximum absolute atomic E-state index is 12.2. The van der Waals surface area contributed by atoms with Crippen LogP contribution in [0.1, 0.15) is 26.7 Å². The van der Waals surface area contributed by atoms with E-state index in [0.717, 1.165) is 23.7 Å². The van der Waals surface area contributed by atoms with E-state index in [1.165, 1.54) is 0 Å². The van der Waals surface area contributed by atoms with Gasteiger partial charge in [-0.25, -0.2) is 0 Å². The Hall–Kier alpha value is -0.380. The lowest BCUT2D eigenvalue weighted by Gasteiger charge is -2.27. The van der Waals surface area contributed by atoms with Gasteiger partial charge in [0.25, 0.3) is 10.2 Å². The monoisotopic (exact) mass is 317 g/mol. The van der Waals surface area contributed by atoms with Crippen LogP contribution in [0.2, 0.25) is 0 Å². The summed E-state index contributed by atoms with van der Waals surface area (Å²) in [6, 6.07) is 0.0104. The van der Waals surface area contributed by atoms with E-state index in [4.69, 9.17) is 0 Å². The van der Waals surface area contributed by atoms with Crippen molar-refractivity contribution < 1.29 is 21.6 Å². The van der Waals surface area contributed by atoms with Crippen LogP contribution in [0.15, 0.2) is 0 Å². The maximum Gasteiger partial charge on any atom is 0.402 e. The molecule has 120 valence electrons. The molecule has 0 spiro atoms. The third-order valence-electron chi connectivity index (χ3n) is 2.95. The Morgan fingerprint density at radius 3 is 2.50 bits per heavy atom. The molecule has 0 amide bonds. The van der Waals surface area contributed by atoms with Gasteiger partial charge in [0.2, 0.25) is 0 Å². The fraction of sp³-hybridized carbons (Fsp3) is 1.00. The molecule has 1 atom stereocenters. The molecule has 9 heteroatoms. The Kier molecular flexibility index (Phi) is 6.24. The number of halogens is 3. The van der Waals surface area contributed by atoms with Crippen molar-refractivity contribution in [2.75, 3.05) is 26.2 Å². The molecular formula is C11H22F3N3O2S. The number of alkyl halides is 3. The van der Waals surface area contributed by atoms with Crippen molar-refractivity contribution in [3.63, 3.8) is 0 Å². The van der Waals surface area contributed by atoms with Gasteiger partial charge in [0, 0.05) is 19.1 Å². The van der Waals surface area contributed by atoms with Gasteiger partial charge in [0.1, 0.15) is 6.54 Å². The zero-order valence-corrected chi connectivity index (χ0v) is 12.5. The molecule has 1 rings (SSSR count). The van der Waals surface area contributed by atoms with E-state index < -0.39 is 22.9 Å². The third-order valence-corrected chi connectivity index (χ3v) is 4.44. The first-order valence-corrected chi connectivity index (χ1v) is 8.09. The fourth-order valence-electron chi connectivity index (χ4n) is 2.10. The highest BCUT2D eigenvalue weighted by atomic mass is 32.2. The standard InChI is InChI=1S/C11H22F3N3O2S/c1-9(2)6-17(7-10-4-3-5-15-10)20(18,19)16-8-11(12,13)14/h9-10,15-16H,3-8H2,1-2H3. The molecule has 0 bridgehead atoms. The molecule has 0 aliphatic carbocycles. The molecule has 0 saturated carbocycles. The Morgan fingerprint density at radius 2 is 2.05 bits per heavy atom. The molecule has 1 aliphatic heterocycles. The van der Waals surface area contributed by atoms with Gasteiger partial charge >= 0.3 is 6.18 Å². The van der Waals surface area contributed by atoms with Crippen LogP contribution in [0.4, 0.5) is 13.2 Å². The number of nitrogens with one attached hydrogen (secondary N) is 2. The highest BCUT2D eigenvalue weighted by Gasteiger charge is 2.33. The molecule has 1 unspecified atom stereocenters. The topological polar surface area (TPSA) is 61.4 Å². The van der Waals surface area contributed by atoms with Crippen LogP contribution in [0.25, 0.3) is 0 Å². The minimum Gasteiger partial charge on any atom is -0.313 e. The smallest absolute Gasteiger partial charge is 0.313 e. The second kappa shape index (κ2) is 7.06. The minimum atomic E-state index is -4.55. The summed E-state index contributed by atoms with van der Waals surface area (Å²) in [5.41, 5.74) is 0. The molecule has 1 saturated heterocycles. The SMILES string of the molecule is CC(C)CN(CC1CCCN1)S(=O)(=O)NCC(F)(F)F. The van der Waals surface area contributed by atoms with Crippen molar-refractivity contribution in [2.24, 2.45) is 5.92 Å². The largest absolute Gasteiger partial charge is 0.402 e. The second-order valence-corrected chi connectivity index (χ2v) is 7.20. The molecule has 1 heterocycles. The molecule has 0 aromatic heterocycles. The predicted molar refractivity (Wildman–Crippen MR) is 70.4 cm³/mol. The number of rotatable bonds is 7. The Morgan fingerprint density at radius 1 is 1.40 bits per heavy atom. The summed E-state index contributed by atoms with van der Waals surface area (Å²) in [5, 5.41) is 3.15. The van der Waals surface area contributed by atoms with E-state index in [2.05, 4.69) is 5.32 Å². The van der Waals surface area contributed by atoms with E-state index >= 15 is 0 Å². The molecular weight excluding hydrogens is 295 g/mol. The Balaban J connectivity index is 2.68. The number of nitrogens with zero attached hydrogens (tertiary/aromatic N) is 1. The molecule has 0 aromatic rings. The normalized spacial score (nSPS) is 21.1. The van der Waals surface area contributed by atoms with Crippen LogP contribution in [-0.2, 0) is 10.2 Å². The summed E-state index contributed by atoms with van der Waals surface area (Å²) in [5.74, 6) is 0.0406. The molecule has 1 aliphatic rings. The Labute approximate surface area is 118 Å². The molecule has 1 fully saturated rings. The van der Waals surface area contributed by atoms with E-state index in [-0.39, 0.29) is 25.0 Å². The Bertz CT molecular complexity index is 392. The van der Waals surface area contributed by atoms with Crippen LogP contribution < -0.4 is 10.0 Å². The van der Waals surface area contributed by atoms with Crippen LogP contribution in [0.3, 0.4) is 0 Å². The van der Waals surface area contributed by atoms with Crippen LogP contribution >= 0.6 is 0 Å². The highest BCUT2D eigenvalue weighted by molar-refractivity contribution is 7.87. The average Bonchev–Trinajstić information content (AvgIpc) is 2.77. The summed E-state index contributed by atoms with van der Waals surface area (Å²) in [4.78, 5) is 0. The minimum absolute atomic E-state index is 0.0104. The van der Waals surface area contributed by atoms with Gasteiger partial charge < -0.3 is 5.32 Å². The fourth-order valence-corrected chi connectivity index (χ4v) is 3.50. The second-order valence-electron chi connectivity index (χ2n) is 5.45. The van der Waals surface area contributed by atoms with Gasteiger partial charge in [-0.1, -0.05) is 13.8 Å². The lowest BCUT2D eigenvalue weighted by atomic mass is 10.2. The quantitative estimate of drug-likeness (QED) is 0.739. The number of hydrogen-bond donors (Lipinski definition) is 2. The van der Waals surface area contributed by atoms with Crippen LogP contribution in [-0.4, -0.2) is 51.1 Å². The summed E-state index contributed by atoms with van der Waals surface area (Å²) >= 11 is 0. The summed E-state index contributed by atoms with van der Waals surface area (Å²) in [7, 11) is -4.11. The maximum atomic E-state index is 12.2. The average molecular weight is 317 g/mol. The molecule has 0 aromatic carbocycles. The summed E-state index contributed by atoms with van der Waals surface area (Å²) < 4.78 is 63.2. The van der Waals surface area contributed by atoms with Crippen molar-refractivity contribution >= 4 is 10.2 Å². The highest BCUT2D eigenvalue weighted by Crippen LogP contribution is 2.15.